The molecule has 1 aromatic rings. The van der Waals surface area contributed by atoms with E-state index in [-0.39, 0.29) is 36.0 Å². The molecule has 0 spiro atoms. The molecular weight excluding hydrogens is 402 g/mol. The van der Waals surface area contributed by atoms with Gasteiger partial charge in [0.05, 0.1) is 0 Å². The lowest BCUT2D eigenvalue weighted by molar-refractivity contribution is -0.142. The molecule has 0 unspecified atom stereocenters. The SMILES string of the molecule is CC(=S)[C@@](CCCCN)(NC(=O)CC(C)C)C(=O)N[C@@H](Cc1ccccc1)C(=O)O. The molecule has 2 atom stereocenters. The number of hydrogen-bond acceptors (Lipinski definition) is 5. The molecule has 7 nitrogen and oxygen atoms in total. The van der Waals surface area contributed by atoms with Gasteiger partial charge in [-0.25, -0.2) is 4.79 Å². The molecular formula is C22H33N3O4S. The third-order valence-electron chi connectivity index (χ3n) is 4.83. The zero-order valence-corrected chi connectivity index (χ0v) is 18.8. The smallest absolute Gasteiger partial charge is 0.326 e. The van der Waals surface area contributed by atoms with Crippen LogP contribution in [0.3, 0.4) is 0 Å². The van der Waals surface area contributed by atoms with E-state index in [0.717, 1.165) is 5.56 Å². The van der Waals surface area contributed by atoms with Crippen LogP contribution in [0, 0.1) is 5.92 Å². The van der Waals surface area contributed by atoms with E-state index in [1.807, 2.05) is 19.9 Å². The van der Waals surface area contributed by atoms with Crippen LogP contribution in [-0.2, 0) is 20.8 Å². The minimum Gasteiger partial charge on any atom is -0.480 e. The van der Waals surface area contributed by atoms with Gasteiger partial charge in [-0.3, -0.25) is 9.59 Å². The van der Waals surface area contributed by atoms with Crippen LogP contribution < -0.4 is 16.4 Å². The Hall–Kier alpha value is -2.32. The van der Waals surface area contributed by atoms with E-state index in [9.17, 15) is 19.5 Å². The molecule has 0 bridgehead atoms. The molecule has 0 aliphatic heterocycles. The van der Waals surface area contributed by atoms with Gasteiger partial charge < -0.3 is 21.5 Å². The van der Waals surface area contributed by atoms with Crippen molar-refractivity contribution >= 4 is 34.9 Å². The number of nitrogens with one attached hydrogen (secondary N) is 2. The summed E-state index contributed by atoms with van der Waals surface area (Å²) in [5.41, 5.74) is 4.91. The Morgan fingerprint density at radius 2 is 1.80 bits per heavy atom. The van der Waals surface area contributed by atoms with Gasteiger partial charge in [0.1, 0.15) is 6.04 Å². The fourth-order valence-corrected chi connectivity index (χ4v) is 3.43. The Morgan fingerprint density at radius 1 is 1.17 bits per heavy atom. The van der Waals surface area contributed by atoms with Gasteiger partial charge in [0.2, 0.25) is 5.91 Å². The molecule has 0 radical (unpaired) electrons. The van der Waals surface area contributed by atoms with Crippen molar-refractivity contribution in [3.05, 3.63) is 35.9 Å². The van der Waals surface area contributed by atoms with Crippen molar-refractivity contribution in [1.82, 2.24) is 10.6 Å². The van der Waals surface area contributed by atoms with E-state index in [0.29, 0.717) is 19.4 Å². The van der Waals surface area contributed by atoms with E-state index in [2.05, 4.69) is 10.6 Å². The standard InChI is InChI=1S/C22H33N3O4S/c1-15(2)13-19(26)25-22(16(3)30,11-7-8-12-23)21(29)24-18(20(27)28)14-17-9-5-4-6-10-17/h4-6,9-10,15,18H,7-8,11-14,23H2,1-3H3,(H,24,29)(H,25,26)(H,27,28)/t18-,22+/m0/s1. The summed E-state index contributed by atoms with van der Waals surface area (Å²) >= 11 is 5.38. The molecule has 0 saturated heterocycles. The number of hydrogen-bond donors (Lipinski definition) is 4. The van der Waals surface area contributed by atoms with Gasteiger partial charge >= 0.3 is 5.97 Å². The lowest BCUT2D eigenvalue weighted by Gasteiger charge is -2.34. The summed E-state index contributed by atoms with van der Waals surface area (Å²) in [6.45, 7) is 5.85. The third-order valence-corrected chi connectivity index (χ3v) is 5.18. The van der Waals surface area contributed by atoms with Crippen molar-refractivity contribution in [1.29, 1.82) is 0 Å². The largest absolute Gasteiger partial charge is 0.480 e. The minimum absolute atomic E-state index is 0.102. The van der Waals surface area contributed by atoms with Crippen LogP contribution in [0.25, 0.3) is 0 Å². The molecule has 5 N–H and O–H groups in total. The summed E-state index contributed by atoms with van der Waals surface area (Å²) in [4.78, 5) is 38.0. The van der Waals surface area contributed by atoms with Crippen LogP contribution in [0.15, 0.2) is 30.3 Å². The van der Waals surface area contributed by atoms with Crippen molar-refractivity contribution in [2.45, 2.75) is 64.5 Å². The number of rotatable bonds is 13. The lowest BCUT2D eigenvalue weighted by atomic mass is 9.87. The number of unbranched alkanes of at least 4 members (excludes halogenated alkanes) is 1. The van der Waals surface area contributed by atoms with Gasteiger partial charge in [-0.2, -0.15) is 0 Å². The Labute approximate surface area is 183 Å². The number of carbonyl (C=O) groups is 3. The zero-order valence-electron chi connectivity index (χ0n) is 17.9. The molecule has 30 heavy (non-hydrogen) atoms. The Kier molecular flexibility index (Phi) is 10.6. The average molecular weight is 436 g/mol. The first kappa shape index (κ1) is 25.7. The predicted molar refractivity (Wildman–Crippen MR) is 121 cm³/mol. The highest BCUT2D eigenvalue weighted by Crippen LogP contribution is 2.20. The summed E-state index contributed by atoms with van der Waals surface area (Å²) in [5, 5.41) is 15.1. The van der Waals surface area contributed by atoms with Crippen LogP contribution in [0.5, 0.6) is 0 Å². The molecule has 8 heteroatoms. The summed E-state index contributed by atoms with van der Waals surface area (Å²) in [6.07, 6.45) is 1.84. The van der Waals surface area contributed by atoms with Gasteiger partial charge in [0.15, 0.2) is 5.54 Å². The molecule has 1 rings (SSSR count). The van der Waals surface area contributed by atoms with Gasteiger partial charge in [-0.1, -0.05) is 56.4 Å². The van der Waals surface area contributed by atoms with Crippen LogP contribution in [-0.4, -0.2) is 45.9 Å². The van der Waals surface area contributed by atoms with E-state index < -0.39 is 23.5 Å². The van der Waals surface area contributed by atoms with Crippen molar-refractivity contribution in [3.63, 3.8) is 0 Å². The average Bonchev–Trinajstić information content (AvgIpc) is 2.66. The number of carbonyl (C=O) groups excluding carboxylic acids is 2. The second-order valence-electron chi connectivity index (χ2n) is 7.91. The van der Waals surface area contributed by atoms with Crippen LogP contribution in [0.4, 0.5) is 0 Å². The number of nitrogens with two attached hydrogens (primary N) is 1. The Bertz CT molecular complexity index is 739. The quantitative estimate of drug-likeness (QED) is 0.278. The van der Waals surface area contributed by atoms with Gasteiger partial charge in [0.25, 0.3) is 5.91 Å². The van der Waals surface area contributed by atoms with Crippen molar-refractivity contribution in [2.24, 2.45) is 11.7 Å². The highest BCUT2D eigenvalue weighted by atomic mass is 32.1. The third kappa shape index (κ3) is 7.84. The highest BCUT2D eigenvalue weighted by molar-refractivity contribution is 7.80. The number of amides is 2. The number of thiocarbonyl (C=S) groups is 1. The summed E-state index contributed by atoms with van der Waals surface area (Å²) in [5.74, 6) is -1.96. The Morgan fingerprint density at radius 3 is 2.30 bits per heavy atom. The normalized spacial score (nSPS) is 13.9. The van der Waals surface area contributed by atoms with Crippen molar-refractivity contribution in [2.75, 3.05) is 6.54 Å². The summed E-state index contributed by atoms with van der Waals surface area (Å²) in [7, 11) is 0. The molecule has 0 aliphatic rings. The maximum atomic E-state index is 13.3. The number of aliphatic carboxylic acids is 1. The predicted octanol–water partition coefficient (Wildman–Crippen LogP) is 2.22. The number of benzene rings is 1. The number of carboxylic acids is 1. The fourth-order valence-electron chi connectivity index (χ4n) is 3.18. The zero-order chi connectivity index (χ0) is 22.7. The first-order valence-corrected chi connectivity index (χ1v) is 10.6. The first-order valence-electron chi connectivity index (χ1n) is 10.2. The van der Waals surface area contributed by atoms with Crippen LogP contribution in [0.2, 0.25) is 0 Å². The lowest BCUT2D eigenvalue weighted by Crippen LogP contribution is -2.64. The van der Waals surface area contributed by atoms with Gasteiger partial charge in [-0.05, 0) is 44.2 Å². The fraction of sp³-hybridized carbons (Fsp3) is 0.545. The topological polar surface area (TPSA) is 122 Å². The molecule has 0 fully saturated rings. The second kappa shape index (κ2) is 12.4. The second-order valence-corrected chi connectivity index (χ2v) is 8.52. The maximum absolute atomic E-state index is 13.3. The molecule has 0 saturated carbocycles. The van der Waals surface area contributed by atoms with E-state index >= 15 is 0 Å². The molecule has 0 heterocycles. The van der Waals surface area contributed by atoms with E-state index in [1.165, 1.54) is 0 Å². The number of carboxylic acid groups (broad SMARTS) is 1. The molecule has 166 valence electrons. The van der Waals surface area contributed by atoms with E-state index in [1.54, 1.807) is 31.2 Å². The van der Waals surface area contributed by atoms with E-state index in [4.69, 9.17) is 18.0 Å². The minimum atomic E-state index is -1.46. The summed E-state index contributed by atoms with van der Waals surface area (Å²) in [6, 6.07) is 7.89. The van der Waals surface area contributed by atoms with Gasteiger partial charge in [-0.15, -0.1) is 0 Å². The van der Waals surface area contributed by atoms with Crippen LogP contribution >= 0.6 is 12.2 Å². The Balaban J connectivity index is 3.14. The van der Waals surface area contributed by atoms with Crippen molar-refractivity contribution in [3.8, 4) is 0 Å². The molecule has 0 aliphatic carbocycles. The molecule has 2 amide bonds. The van der Waals surface area contributed by atoms with Crippen molar-refractivity contribution < 1.29 is 19.5 Å². The van der Waals surface area contributed by atoms with Gasteiger partial charge in [0, 0.05) is 17.7 Å². The maximum Gasteiger partial charge on any atom is 0.326 e. The van der Waals surface area contributed by atoms with Crippen LogP contribution in [0.1, 0.15) is 52.0 Å². The molecule has 0 aromatic heterocycles. The first-order chi connectivity index (χ1) is 14.1. The monoisotopic (exact) mass is 435 g/mol. The molecule has 1 aromatic carbocycles. The highest BCUT2D eigenvalue weighted by Gasteiger charge is 2.43. The summed E-state index contributed by atoms with van der Waals surface area (Å²) < 4.78 is 0.